The molecule has 7 heteroatoms. The molecule has 6 nitrogen and oxygen atoms in total. The summed E-state index contributed by atoms with van der Waals surface area (Å²) in [4.78, 5) is 28.1. The molecular weight excluding hydrogens is 398 g/mol. The highest BCUT2D eigenvalue weighted by Crippen LogP contribution is 2.29. The summed E-state index contributed by atoms with van der Waals surface area (Å²) in [6.07, 6.45) is 0. The van der Waals surface area contributed by atoms with Crippen molar-refractivity contribution in [2.45, 2.75) is 27.3 Å². The first-order chi connectivity index (χ1) is 14.4. The molecule has 0 bridgehead atoms. The van der Waals surface area contributed by atoms with Gasteiger partial charge in [-0.2, -0.15) is 0 Å². The Bertz CT molecular complexity index is 1480. The van der Waals surface area contributed by atoms with E-state index in [1.807, 2.05) is 60.0 Å². The Morgan fingerprint density at radius 1 is 0.933 bits per heavy atom. The third kappa shape index (κ3) is 2.87. The van der Waals surface area contributed by atoms with Crippen molar-refractivity contribution in [2.24, 2.45) is 5.92 Å². The van der Waals surface area contributed by atoms with Crippen LogP contribution in [0.25, 0.3) is 38.9 Å². The van der Waals surface area contributed by atoms with Gasteiger partial charge in [0.25, 0.3) is 5.56 Å². The fraction of sp³-hybridized carbons (Fsp3) is 0.217. The Kier molecular flexibility index (Phi) is 4.33. The van der Waals surface area contributed by atoms with Crippen LogP contribution >= 0.6 is 11.6 Å². The van der Waals surface area contributed by atoms with Crippen molar-refractivity contribution in [3.8, 4) is 5.69 Å². The van der Waals surface area contributed by atoms with E-state index >= 15 is 0 Å². The van der Waals surface area contributed by atoms with Gasteiger partial charge in [0.05, 0.1) is 11.0 Å². The molecule has 0 amide bonds. The molecule has 0 atom stereocenters. The van der Waals surface area contributed by atoms with Gasteiger partial charge in [-0.3, -0.25) is 13.9 Å². The molecule has 0 radical (unpaired) electrons. The second kappa shape index (κ2) is 6.92. The van der Waals surface area contributed by atoms with Crippen LogP contribution in [0.15, 0.2) is 53.3 Å². The smallest absolute Gasteiger partial charge is 0.265 e. The molecule has 0 aliphatic rings. The summed E-state index contributed by atoms with van der Waals surface area (Å²) in [6.45, 7) is 6.63. The van der Waals surface area contributed by atoms with E-state index < -0.39 is 0 Å². The van der Waals surface area contributed by atoms with Crippen LogP contribution in [0.4, 0.5) is 0 Å². The van der Waals surface area contributed by atoms with Crippen molar-refractivity contribution in [1.29, 1.82) is 0 Å². The molecule has 0 N–H and O–H groups in total. The standard InChI is InChI=1S/C23H20ClN5O/c1-13(2)12-28-14(3)25-21-19(23(28)30)20-22(27-18-7-5-4-6-17(18)26-20)29(21)16-10-8-15(24)9-11-16/h4-11,13H,12H2,1-3H3. The minimum Gasteiger partial charge on any atom is -0.296 e. The first-order valence-electron chi connectivity index (χ1n) is 9.88. The molecule has 30 heavy (non-hydrogen) atoms. The predicted molar refractivity (Wildman–Crippen MR) is 121 cm³/mol. The second-order valence-electron chi connectivity index (χ2n) is 7.86. The van der Waals surface area contributed by atoms with E-state index in [2.05, 4.69) is 13.8 Å². The Balaban J connectivity index is 1.99. The summed E-state index contributed by atoms with van der Waals surface area (Å²) in [5, 5.41) is 1.13. The SMILES string of the molecule is Cc1nc2c(c(=O)n1CC(C)C)c1nc3ccccc3nc1n2-c1ccc(Cl)cc1. The van der Waals surface area contributed by atoms with E-state index in [-0.39, 0.29) is 5.56 Å². The number of hydrogen-bond donors (Lipinski definition) is 0. The number of nitrogens with zero attached hydrogens (tertiary/aromatic N) is 5. The molecule has 0 saturated heterocycles. The molecule has 0 aliphatic heterocycles. The summed E-state index contributed by atoms with van der Waals surface area (Å²) >= 11 is 6.10. The van der Waals surface area contributed by atoms with Crippen LogP contribution in [0.1, 0.15) is 19.7 Å². The number of para-hydroxylation sites is 2. The largest absolute Gasteiger partial charge is 0.296 e. The number of halogens is 1. The highest BCUT2D eigenvalue weighted by molar-refractivity contribution is 6.30. The lowest BCUT2D eigenvalue weighted by molar-refractivity contribution is 0.498. The third-order valence-corrected chi connectivity index (χ3v) is 5.44. The Hall–Kier alpha value is -3.25. The molecule has 0 aliphatic carbocycles. The van der Waals surface area contributed by atoms with Crippen LogP contribution in [-0.4, -0.2) is 24.1 Å². The summed E-state index contributed by atoms with van der Waals surface area (Å²) in [7, 11) is 0. The molecule has 0 fully saturated rings. The fourth-order valence-electron chi connectivity index (χ4n) is 3.85. The highest BCUT2D eigenvalue weighted by Gasteiger charge is 2.22. The van der Waals surface area contributed by atoms with Gasteiger partial charge in [0, 0.05) is 17.3 Å². The minimum atomic E-state index is -0.0894. The van der Waals surface area contributed by atoms with Crippen LogP contribution in [0, 0.1) is 12.8 Å². The van der Waals surface area contributed by atoms with Crippen molar-refractivity contribution in [3.63, 3.8) is 0 Å². The molecule has 5 rings (SSSR count). The van der Waals surface area contributed by atoms with E-state index in [0.29, 0.717) is 45.5 Å². The van der Waals surface area contributed by atoms with E-state index in [1.165, 1.54) is 0 Å². The Morgan fingerprint density at radius 2 is 1.60 bits per heavy atom. The molecular formula is C23H20ClN5O. The van der Waals surface area contributed by atoms with Gasteiger partial charge >= 0.3 is 0 Å². The first-order valence-corrected chi connectivity index (χ1v) is 10.3. The van der Waals surface area contributed by atoms with Gasteiger partial charge in [-0.25, -0.2) is 15.0 Å². The van der Waals surface area contributed by atoms with Crippen molar-refractivity contribution >= 4 is 44.8 Å². The van der Waals surface area contributed by atoms with Gasteiger partial charge in [0.2, 0.25) is 0 Å². The molecule has 0 spiro atoms. The number of rotatable bonds is 3. The van der Waals surface area contributed by atoms with Gasteiger partial charge in [-0.15, -0.1) is 0 Å². The molecule has 5 aromatic rings. The number of fused-ring (bicyclic) bond motifs is 4. The molecule has 150 valence electrons. The molecule has 0 saturated carbocycles. The van der Waals surface area contributed by atoms with Crippen LogP contribution in [0.3, 0.4) is 0 Å². The Labute approximate surface area is 177 Å². The Morgan fingerprint density at radius 3 is 2.27 bits per heavy atom. The zero-order chi connectivity index (χ0) is 21.0. The van der Waals surface area contributed by atoms with Crippen molar-refractivity contribution in [1.82, 2.24) is 24.1 Å². The van der Waals surface area contributed by atoms with Crippen LogP contribution in [0.5, 0.6) is 0 Å². The van der Waals surface area contributed by atoms with Crippen molar-refractivity contribution < 1.29 is 0 Å². The summed E-state index contributed by atoms with van der Waals surface area (Å²) in [6, 6.07) is 15.1. The minimum absolute atomic E-state index is 0.0894. The maximum absolute atomic E-state index is 13.6. The van der Waals surface area contributed by atoms with E-state index in [4.69, 9.17) is 26.6 Å². The number of aromatic nitrogens is 5. The lowest BCUT2D eigenvalue weighted by Crippen LogP contribution is -2.26. The molecule has 3 heterocycles. The zero-order valence-electron chi connectivity index (χ0n) is 16.9. The van der Waals surface area contributed by atoms with E-state index in [9.17, 15) is 4.79 Å². The predicted octanol–water partition coefficient (Wildman–Crippen LogP) is 4.90. The average molecular weight is 418 g/mol. The van der Waals surface area contributed by atoms with Gasteiger partial charge in [-0.1, -0.05) is 37.6 Å². The van der Waals surface area contributed by atoms with Gasteiger partial charge in [0.15, 0.2) is 11.3 Å². The lowest BCUT2D eigenvalue weighted by Gasteiger charge is -2.12. The quantitative estimate of drug-likeness (QED) is 0.418. The van der Waals surface area contributed by atoms with Crippen molar-refractivity contribution in [2.75, 3.05) is 0 Å². The third-order valence-electron chi connectivity index (χ3n) is 5.19. The number of benzene rings is 2. The molecule has 0 unspecified atom stereocenters. The normalized spacial score (nSPS) is 11.9. The monoisotopic (exact) mass is 417 g/mol. The van der Waals surface area contributed by atoms with Crippen LogP contribution in [0.2, 0.25) is 5.02 Å². The van der Waals surface area contributed by atoms with Crippen LogP contribution in [-0.2, 0) is 6.54 Å². The lowest BCUT2D eigenvalue weighted by atomic mass is 10.2. The summed E-state index contributed by atoms with van der Waals surface area (Å²) in [5.74, 6) is 0.987. The zero-order valence-corrected chi connectivity index (χ0v) is 17.7. The maximum Gasteiger partial charge on any atom is 0.265 e. The number of aryl methyl sites for hydroxylation is 1. The van der Waals surface area contributed by atoms with E-state index in [1.54, 1.807) is 4.57 Å². The highest BCUT2D eigenvalue weighted by atomic mass is 35.5. The summed E-state index contributed by atoms with van der Waals surface area (Å²) < 4.78 is 3.63. The van der Waals surface area contributed by atoms with E-state index in [0.717, 1.165) is 16.7 Å². The van der Waals surface area contributed by atoms with Crippen LogP contribution < -0.4 is 5.56 Å². The van der Waals surface area contributed by atoms with Gasteiger partial charge in [0.1, 0.15) is 16.7 Å². The first kappa shape index (κ1) is 18.8. The summed E-state index contributed by atoms with van der Waals surface area (Å²) in [5.41, 5.74) is 3.99. The fourth-order valence-corrected chi connectivity index (χ4v) is 3.97. The van der Waals surface area contributed by atoms with Gasteiger partial charge in [-0.05, 0) is 49.2 Å². The van der Waals surface area contributed by atoms with Crippen molar-refractivity contribution in [3.05, 3.63) is 69.7 Å². The molecule has 3 aromatic heterocycles. The second-order valence-corrected chi connectivity index (χ2v) is 8.30. The maximum atomic E-state index is 13.6. The average Bonchev–Trinajstić information content (AvgIpc) is 3.02. The number of hydrogen-bond acceptors (Lipinski definition) is 4. The van der Waals surface area contributed by atoms with Gasteiger partial charge < -0.3 is 0 Å². The topological polar surface area (TPSA) is 65.6 Å². The molecule has 2 aromatic carbocycles.